The van der Waals surface area contributed by atoms with Crippen molar-refractivity contribution in [1.82, 2.24) is 5.32 Å². The Hall–Kier alpha value is -0.340. The van der Waals surface area contributed by atoms with Gasteiger partial charge in [0, 0.05) is 12.6 Å². The van der Waals surface area contributed by atoms with Gasteiger partial charge >= 0.3 is 0 Å². The van der Waals surface area contributed by atoms with Crippen LogP contribution in [-0.2, 0) is 6.54 Å². The first kappa shape index (κ1) is 11.2. The van der Waals surface area contributed by atoms with Crippen molar-refractivity contribution < 1.29 is 0 Å². The highest BCUT2D eigenvalue weighted by molar-refractivity contribution is 7.07. The molecule has 1 aromatic heterocycles. The van der Waals surface area contributed by atoms with E-state index in [1.165, 1.54) is 24.8 Å². The normalized spacial score (nSPS) is 31.7. The summed E-state index contributed by atoms with van der Waals surface area (Å²) in [5, 5.41) is 8.11. The fourth-order valence-electron chi connectivity index (χ4n) is 2.51. The Morgan fingerprint density at radius 2 is 2.27 bits per heavy atom. The zero-order valence-electron chi connectivity index (χ0n) is 9.70. The first-order chi connectivity index (χ1) is 7.27. The lowest BCUT2D eigenvalue weighted by molar-refractivity contribution is 0.206. The molecule has 1 aliphatic carbocycles. The maximum Gasteiger partial charge on any atom is 0.0216 e. The van der Waals surface area contributed by atoms with Crippen LogP contribution in [0.1, 0.15) is 38.7 Å². The molecule has 1 nitrogen and oxygen atoms in total. The molecule has 1 aliphatic rings. The molecule has 1 N–H and O–H groups in total. The van der Waals surface area contributed by atoms with Crippen LogP contribution in [0.5, 0.6) is 0 Å². The van der Waals surface area contributed by atoms with Gasteiger partial charge in [-0.05, 0) is 40.6 Å². The molecule has 1 heterocycles. The molecule has 0 amide bonds. The largest absolute Gasteiger partial charge is 0.310 e. The monoisotopic (exact) mass is 223 g/mol. The summed E-state index contributed by atoms with van der Waals surface area (Å²) in [6.45, 7) is 5.84. The average Bonchev–Trinajstić information content (AvgIpc) is 2.73. The van der Waals surface area contributed by atoms with Gasteiger partial charge in [-0.3, -0.25) is 0 Å². The summed E-state index contributed by atoms with van der Waals surface area (Å²) < 4.78 is 0. The topological polar surface area (TPSA) is 12.0 Å². The van der Waals surface area contributed by atoms with Crippen LogP contribution < -0.4 is 5.32 Å². The van der Waals surface area contributed by atoms with Gasteiger partial charge in [-0.2, -0.15) is 11.3 Å². The predicted octanol–water partition coefficient (Wildman–Crippen LogP) is 3.66. The highest BCUT2D eigenvalue weighted by atomic mass is 32.1. The zero-order chi connectivity index (χ0) is 10.7. The van der Waals surface area contributed by atoms with E-state index in [4.69, 9.17) is 0 Å². The molecule has 15 heavy (non-hydrogen) atoms. The number of thiophene rings is 1. The van der Waals surface area contributed by atoms with Gasteiger partial charge in [0.1, 0.15) is 0 Å². The molecule has 0 unspecified atom stereocenters. The summed E-state index contributed by atoms with van der Waals surface area (Å²) in [6.07, 6.45) is 4.17. The van der Waals surface area contributed by atoms with Crippen LogP contribution >= 0.6 is 11.3 Å². The lowest BCUT2D eigenvalue weighted by Crippen LogP contribution is -2.40. The Kier molecular flexibility index (Phi) is 3.81. The van der Waals surface area contributed by atoms with E-state index >= 15 is 0 Å². The number of hydrogen-bond acceptors (Lipinski definition) is 2. The third kappa shape index (κ3) is 2.82. The van der Waals surface area contributed by atoms with Crippen molar-refractivity contribution in [2.75, 3.05) is 0 Å². The van der Waals surface area contributed by atoms with Gasteiger partial charge in [0.2, 0.25) is 0 Å². The summed E-state index contributed by atoms with van der Waals surface area (Å²) in [4.78, 5) is 0. The van der Waals surface area contributed by atoms with Crippen molar-refractivity contribution in [3.05, 3.63) is 22.4 Å². The molecule has 2 rings (SSSR count). The molecule has 1 fully saturated rings. The molecule has 2 heteroatoms. The van der Waals surface area contributed by atoms with E-state index < -0.39 is 0 Å². The summed E-state index contributed by atoms with van der Waals surface area (Å²) in [7, 11) is 0. The summed E-state index contributed by atoms with van der Waals surface area (Å²) >= 11 is 1.79. The van der Waals surface area contributed by atoms with Crippen molar-refractivity contribution in [2.24, 2.45) is 11.8 Å². The predicted molar refractivity (Wildman–Crippen MR) is 67.1 cm³/mol. The van der Waals surface area contributed by atoms with Crippen molar-refractivity contribution in [3.8, 4) is 0 Å². The molecular formula is C13H21NS. The molecule has 0 saturated heterocycles. The molecule has 0 aliphatic heterocycles. The lowest BCUT2D eigenvalue weighted by Gasteiger charge is -2.34. The maximum atomic E-state index is 3.71. The summed E-state index contributed by atoms with van der Waals surface area (Å²) in [6, 6.07) is 2.95. The van der Waals surface area contributed by atoms with E-state index in [0.717, 1.165) is 24.4 Å². The van der Waals surface area contributed by atoms with E-state index in [1.54, 1.807) is 11.3 Å². The number of rotatable bonds is 3. The van der Waals surface area contributed by atoms with Crippen LogP contribution in [0, 0.1) is 11.8 Å². The Bertz CT molecular complexity index is 281. The van der Waals surface area contributed by atoms with Crippen LogP contribution in [0.25, 0.3) is 0 Å². The van der Waals surface area contributed by atoms with Crippen molar-refractivity contribution in [1.29, 1.82) is 0 Å². The molecule has 1 saturated carbocycles. The van der Waals surface area contributed by atoms with E-state index in [1.807, 2.05) is 0 Å². The van der Waals surface area contributed by atoms with Gasteiger partial charge in [0.15, 0.2) is 0 Å². The highest BCUT2D eigenvalue weighted by Crippen LogP contribution is 2.29. The second-order valence-electron chi connectivity index (χ2n) is 4.89. The van der Waals surface area contributed by atoms with Crippen LogP contribution in [0.4, 0.5) is 0 Å². The van der Waals surface area contributed by atoms with Gasteiger partial charge in [-0.15, -0.1) is 0 Å². The summed E-state index contributed by atoms with van der Waals surface area (Å²) in [5.41, 5.74) is 1.44. The average molecular weight is 223 g/mol. The minimum Gasteiger partial charge on any atom is -0.310 e. The third-order valence-corrected chi connectivity index (χ3v) is 4.59. The SMILES string of the molecule is C[C@H]1[C@H](C)CCC[C@H]1NCc1ccsc1. The molecular weight excluding hydrogens is 202 g/mol. The third-order valence-electron chi connectivity index (χ3n) is 3.86. The van der Waals surface area contributed by atoms with Gasteiger partial charge in [-0.25, -0.2) is 0 Å². The van der Waals surface area contributed by atoms with Gasteiger partial charge < -0.3 is 5.32 Å². The summed E-state index contributed by atoms with van der Waals surface area (Å²) in [5.74, 6) is 1.72. The fourth-order valence-corrected chi connectivity index (χ4v) is 3.18. The molecule has 1 aromatic rings. The van der Waals surface area contributed by atoms with Crippen LogP contribution in [0.15, 0.2) is 16.8 Å². The minimum absolute atomic E-state index is 0.730. The van der Waals surface area contributed by atoms with E-state index in [-0.39, 0.29) is 0 Å². The van der Waals surface area contributed by atoms with Gasteiger partial charge in [-0.1, -0.05) is 26.7 Å². The Morgan fingerprint density at radius 1 is 1.40 bits per heavy atom. The Labute approximate surface area is 96.9 Å². The van der Waals surface area contributed by atoms with Crippen molar-refractivity contribution in [3.63, 3.8) is 0 Å². The van der Waals surface area contributed by atoms with Crippen molar-refractivity contribution in [2.45, 2.75) is 45.7 Å². The van der Waals surface area contributed by atoms with E-state index in [0.29, 0.717) is 0 Å². The van der Waals surface area contributed by atoms with Crippen LogP contribution in [0.3, 0.4) is 0 Å². The van der Waals surface area contributed by atoms with E-state index in [2.05, 4.69) is 36.0 Å². The molecule has 0 bridgehead atoms. The molecule has 0 radical (unpaired) electrons. The molecule has 84 valence electrons. The molecule has 3 atom stereocenters. The number of hydrogen-bond donors (Lipinski definition) is 1. The second kappa shape index (κ2) is 5.13. The first-order valence-electron chi connectivity index (χ1n) is 6.02. The van der Waals surface area contributed by atoms with Crippen molar-refractivity contribution >= 4 is 11.3 Å². The lowest BCUT2D eigenvalue weighted by atomic mass is 9.78. The maximum absolute atomic E-state index is 3.71. The highest BCUT2D eigenvalue weighted by Gasteiger charge is 2.26. The number of nitrogens with one attached hydrogen (secondary N) is 1. The van der Waals surface area contributed by atoms with Gasteiger partial charge in [0.25, 0.3) is 0 Å². The van der Waals surface area contributed by atoms with Gasteiger partial charge in [0.05, 0.1) is 0 Å². The second-order valence-corrected chi connectivity index (χ2v) is 5.67. The zero-order valence-corrected chi connectivity index (χ0v) is 10.5. The fraction of sp³-hybridized carbons (Fsp3) is 0.692. The standard InChI is InChI=1S/C13H21NS/c1-10-4-3-5-13(11(10)2)14-8-12-6-7-15-9-12/h6-7,9-11,13-14H,3-5,8H2,1-2H3/t10-,11+,13-/m1/s1. The Balaban J connectivity index is 1.83. The van der Waals surface area contributed by atoms with Crippen LogP contribution in [-0.4, -0.2) is 6.04 Å². The van der Waals surface area contributed by atoms with Crippen LogP contribution in [0.2, 0.25) is 0 Å². The quantitative estimate of drug-likeness (QED) is 0.824. The van der Waals surface area contributed by atoms with E-state index in [9.17, 15) is 0 Å². The molecule has 0 spiro atoms. The molecule has 0 aromatic carbocycles. The first-order valence-corrected chi connectivity index (χ1v) is 6.96. The smallest absolute Gasteiger partial charge is 0.0216 e. The minimum atomic E-state index is 0.730. The Morgan fingerprint density at radius 3 is 3.00 bits per heavy atom.